The lowest BCUT2D eigenvalue weighted by molar-refractivity contribution is -0.123. The molecule has 2 N–H and O–H groups in total. The van der Waals surface area contributed by atoms with Gasteiger partial charge < -0.3 is 15.5 Å². The summed E-state index contributed by atoms with van der Waals surface area (Å²) in [5, 5.41) is 5.79. The third kappa shape index (κ3) is 3.75. The molecule has 0 aliphatic carbocycles. The summed E-state index contributed by atoms with van der Waals surface area (Å²) in [7, 11) is 1.67. The van der Waals surface area contributed by atoms with E-state index in [1.807, 2.05) is 62.4 Å². The van der Waals surface area contributed by atoms with Crippen LogP contribution in [0.5, 0.6) is 0 Å². The van der Waals surface area contributed by atoms with Gasteiger partial charge in [0.1, 0.15) is 0 Å². The molecule has 0 radical (unpaired) electrons. The monoisotopic (exact) mass is 427 g/mol. The standard InChI is InChI=1S/C26H25N3O3/c1-17-8-12-19(13-9-17)23(30)27-16-26(28-24(31)20-14-10-18(2)11-15-20)21-6-4-5-7-22(21)29(3)25(26)32/h4-15H,16H2,1-3H3,(H,27,30)(H,28,31). The fraction of sp³-hybridized carbons (Fsp3) is 0.192. The first-order chi connectivity index (χ1) is 15.3. The van der Waals surface area contributed by atoms with Gasteiger partial charge in [0.25, 0.3) is 17.7 Å². The smallest absolute Gasteiger partial charge is 0.259 e. The molecule has 3 aromatic carbocycles. The fourth-order valence-electron chi connectivity index (χ4n) is 3.96. The number of para-hydroxylation sites is 1. The van der Waals surface area contributed by atoms with Gasteiger partial charge in [0.2, 0.25) is 0 Å². The summed E-state index contributed by atoms with van der Waals surface area (Å²) in [6.45, 7) is 3.81. The predicted octanol–water partition coefficient (Wildman–Crippen LogP) is 3.34. The molecule has 0 fully saturated rings. The Bertz CT molecular complexity index is 1190. The Balaban J connectivity index is 1.68. The predicted molar refractivity (Wildman–Crippen MR) is 124 cm³/mol. The molecule has 4 rings (SSSR count). The van der Waals surface area contributed by atoms with E-state index in [0.717, 1.165) is 11.1 Å². The van der Waals surface area contributed by atoms with E-state index in [0.29, 0.717) is 22.4 Å². The highest BCUT2D eigenvalue weighted by atomic mass is 16.2. The van der Waals surface area contributed by atoms with E-state index < -0.39 is 5.54 Å². The highest BCUT2D eigenvalue weighted by Gasteiger charge is 2.51. The van der Waals surface area contributed by atoms with Gasteiger partial charge in [0.15, 0.2) is 5.54 Å². The van der Waals surface area contributed by atoms with E-state index >= 15 is 0 Å². The van der Waals surface area contributed by atoms with E-state index in [4.69, 9.17) is 0 Å². The molecule has 3 aromatic rings. The fourth-order valence-corrected chi connectivity index (χ4v) is 3.96. The summed E-state index contributed by atoms with van der Waals surface area (Å²) < 4.78 is 0. The van der Waals surface area contributed by atoms with Crippen molar-refractivity contribution >= 4 is 23.4 Å². The lowest BCUT2D eigenvalue weighted by atomic mass is 9.90. The van der Waals surface area contributed by atoms with Crippen molar-refractivity contribution in [2.24, 2.45) is 0 Å². The largest absolute Gasteiger partial charge is 0.349 e. The number of hydrogen-bond donors (Lipinski definition) is 2. The van der Waals surface area contributed by atoms with Crippen molar-refractivity contribution in [3.8, 4) is 0 Å². The van der Waals surface area contributed by atoms with Crippen LogP contribution >= 0.6 is 0 Å². The van der Waals surface area contributed by atoms with Gasteiger partial charge in [0, 0.05) is 29.4 Å². The van der Waals surface area contributed by atoms with Crippen LogP contribution in [0.25, 0.3) is 0 Å². The van der Waals surface area contributed by atoms with Crippen LogP contribution in [0.1, 0.15) is 37.4 Å². The number of aryl methyl sites for hydroxylation is 2. The number of nitrogens with zero attached hydrogens (tertiary/aromatic N) is 1. The van der Waals surface area contributed by atoms with Gasteiger partial charge in [-0.1, -0.05) is 53.6 Å². The minimum Gasteiger partial charge on any atom is -0.349 e. The zero-order valence-electron chi connectivity index (χ0n) is 18.3. The number of carbonyl (C=O) groups is 3. The van der Waals surface area contributed by atoms with Crippen LogP contribution in [-0.4, -0.2) is 31.3 Å². The van der Waals surface area contributed by atoms with E-state index in [1.165, 1.54) is 4.90 Å². The van der Waals surface area contributed by atoms with Gasteiger partial charge in [0.05, 0.1) is 6.54 Å². The zero-order valence-corrected chi connectivity index (χ0v) is 18.3. The second kappa shape index (κ2) is 8.30. The summed E-state index contributed by atoms with van der Waals surface area (Å²) in [6, 6.07) is 21.6. The third-order valence-corrected chi connectivity index (χ3v) is 5.86. The van der Waals surface area contributed by atoms with Crippen molar-refractivity contribution in [1.82, 2.24) is 10.6 Å². The molecule has 1 unspecified atom stereocenters. The maximum atomic E-state index is 13.5. The van der Waals surface area contributed by atoms with Crippen molar-refractivity contribution in [1.29, 1.82) is 0 Å². The first-order valence-electron chi connectivity index (χ1n) is 10.4. The summed E-state index contributed by atoms with van der Waals surface area (Å²) in [6.07, 6.45) is 0. The van der Waals surface area contributed by atoms with Crippen LogP contribution in [0, 0.1) is 13.8 Å². The van der Waals surface area contributed by atoms with E-state index in [9.17, 15) is 14.4 Å². The molecule has 0 bridgehead atoms. The molecular weight excluding hydrogens is 402 g/mol. The van der Waals surface area contributed by atoms with Crippen LogP contribution in [0.3, 0.4) is 0 Å². The van der Waals surface area contributed by atoms with Crippen molar-refractivity contribution in [2.45, 2.75) is 19.4 Å². The topological polar surface area (TPSA) is 78.5 Å². The maximum absolute atomic E-state index is 13.5. The molecular formula is C26H25N3O3. The number of amides is 3. The average molecular weight is 428 g/mol. The molecule has 1 aliphatic rings. The lowest BCUT2D eigenvalue weighted by Gasteiger charge is -2.30. The zero-order chi connectivity index (χ0) is 22.9. The van der Waals surface area contributed by atoms with Crippen molar-refractivity contribution in [3.63, 3.8) is 0 Å². The molecule has 6 heteroatoms. The van der Waals surface area contributed by atoms with Gasteiger partial charge in [-0.15, -0.1) is 0 Å². The Morgan fingerprint density at radius 1 is 0.812 bits per heavy atom. The summed E-state index contributed by atoms with van der Waals surface area (Å²) in [5.41, 5.74) is 2.95. The van der Waals surface area contributed by atoms with Crippen molar-refractivity contribution in [3.05, 3.63) is 101 Å². The molecule has 1 aliphatic heterocycles. The van der Waals surface area contributed by atoms with Gasteiger partial charge in [-0.3, -0.25) is 14.4 Å². The average Bonchev–Trinajstić information content (AvgIpc) is 3.01. The van der Waals surface area contributed by atoms with Crippen molar-refractivity contribution in [2.75, 3.05) is 18.5 Å². The number of anilines is 1. The quantitative estimate of drug-likeness (QED) is 0.656. The number of rotatable bonds is 5. The summed E-state index contributed by atoms with van der Waals surface area (Å²) in [5.74, 6) is -0.995. The van der Waals surface area contributed by atoms with Crippen LogP contribution in [-0.2, 0) is 10.3 Å². The molecule has 1 heterocycles. The van der Waals surface area contributed by atoms with E-state index in [1.54, 1.807) is 31.3 Å². The van der Waals surface area contributed by atoms with Gasteiger partial charge in [-0.05, 0) is 44.2 Å². The van der Waals surface area contributed by atoms with Crippen LogP contribution in [0.4, 0.5) is 5.69 Å². The second-order valence-corrected chi connectivity index (χ2v) is 8.16. The Labute approximate surface area is 187 Å². The van der Waals surface area contributed by atoms with Crippen molar-refractivity contribution < 1.29 is 14.4 Å². The molecule has 0 aromatic heterocycles. The number of benzene rings is 3. The normalized spacial score (nSPS) is 17.1. The van der Waals surface area contributed by atoms with Gasteiger partial charge in [-0.25, -0.2) is 0 Å². The van der Waals surface area contributed by atoms with Crippen LogP contribution in [0.15, 0.2) is 72.8 Å². The summed E-state index contributed by atoms with van der Waals surface area (Å²) in [4.78, 5) is 40.9. The number of nitrogens with one attached hydrogen (secondary N) is 2. The highest BCUT2D eigenvalue weighted by molar-refractivity contribution is 6.11. The van der Waals surface area contributed by atoms with Crippen LogP contribution in [0.2, 0.25) is 0 Å². The molecule has 1 atom stereocenters. The third-order valence-electron chi connectivity index (χ3n) is 5.86. The summed E-state index contributed by atoms with van der Waals surface area (Å²) >= 11 is 0. The van der Waals surface area contributed by atoms with E-state index in [-0.39, 0.29) is 24.3 Å². The Hall–Kier alpha value is -3.93. The number of carbonyl (C=O) groups excluding carboxylic acids is 3. The molecule has 162 valence electrons. The van der Waals surface area contributed by atoms with E-state index in [2.05, 4.69) is 10.6 Å². The number of hydrogen-bond acceptors (Lipinski definition) is 3. The molecule has 3 amide bonds. The van der Waals surface area contributed by atoms with Gasteiger partial charge >= 0.3 is 0 Å². The number of likely N-dealkylation sites (N-methyl/N-ethyl adjacent to an activating group) is 1. The Kier molecular flexibility index (Phi) is 5.53. The highest BCUT2D eigenvalue weighted by Crippen LogP contribution is 2.39. The molecule has 0 spiro atoms. The molecule has 0 saturated heterocycles. The first-order valence-corrected chi connectivity index (χ1v) is 10.4. The molecule has 0 saturated carbocycles. The minimum atomic E-state index is -1.41. The lowest BCUT2D eigenvalue weighted by Crippen LogP contribution is -2.58. The van der Waals surface area contributed by atoms with Gasteiger partial charge in [-0.2, -0.15) is 0 Å². The SMILES string of the molecule is Cc1ccc(C(=O)NCC2(NC(=O)c3ccc(C)cc3)C(=O)N(C)c3ccccc32)cc1. The number of fused-ring (bicyclic) bond motifs is 1. The molecule has 6 nitrogen and oxygen atoms in total. The maximum Gasteiger partial charge on any atom is 0.259 e. The first kappa shape index (κ1) is 21.3. The Morgan fingerprint density at radius 3 is 1.94 bits per heavy atom. The van der Waals surface area contributed by atoms with Crippen LogP contribution < -0.4 is 15.5 Å². The minimum absolute atomic E-state index is 0.0719. The second-order valence-electron chi connectivity index (χ2n) is 8.16. The molecule has 32 heavy (non-hydrogen) atoms. The Morgan fingerprint density at radius 2 is 1.34 bits per heavy atom.